The van der Waals surface area contributed by atoms with Crippen molar-refractivity contribution in [3.05, 3.63) is 29.8 Å². The Balaban J connectivity index is 2.36. The lowest BCUT2D eigenvalue weighted by Gasteiger charge is -2.35. The van der Waals surface area contributed by atoms with Gasteiger partial charge in [0.05, 0.1) is 22.1 Å². The van der Waals surface area contributed by atoms with Gasteiger partial charge in [0.1, 0.15) is 0 Å². The summed E-state index contributed by atoms with van der Waals surface area (Å²) in [4.78, 5) is 25.5. The van der Waals surface area contributed by atoms with E-state index >= 15 is 0 Å². The van der Waals surface area contributed by atoms with Gasteiger partial charge < -0.3 is 10.0 Å². The molecule has 1 aromatic carbocycles. The number of carboxylic acid groups (broad SMARTS) is 1. The predicted molar refractivity (Wildman–Crippen MR) is 85.0 cm³/mol. The van der Waals surface area contributed by atoms with E-state index in [0.717, 1.165) is 0 Å². The first kappa shape index (κ1) is 17.5. The van der Waals surface area contributed by atoms with Gasteiger partial charge in [-0.2, -0.15) is 0 Å². The van der Waals surface area contributed by atoms with Crippen LogP contribution in [0.4, 0.5) is 0 Å². The summed E-state index contributed by atoms with van der Waals surface area (Å²) in [5.74, 6) is -1.99. The van der Waals surface area contributed by atoms with Gasteiger partial charge in [-0.15, -0.1) is 0 Å². The Morgan fingerprint density at radius 2 is 1.91 bits per heavy atom. The topological polar surface area (TPSA) is 91.8 Å². The van der Waals surface area contributed by atoms with E-state index in [1.165, 1.54) is 24.0 Å². The molecule has 0 bridgehead atoms. The van der Waals surface area contributed by atoms with Gasteiger partial charge in [0.25, 0.3) is 5.91 Å². The highest BCUT2D eigenvalue weighted by atomic mass is 32.2. The molecule has 1 heterocycles. The van der Waals surface area contributed by atoms with E-state index in [1.54, 1.807) is 12.1 Å². The van der Waals surface area contributed by atoms with Gasteiger partial charge in [0, 0.05) is 13.1 Å². The molecule has 2 rings (SSSR count). The molecule has 0 spiro atoms. The number of carbonyl (C=O) groups is 2. The Hall–Kier alpha value is -1.89. The minimum absolute atomic E-state index is 0.0117. The van der Waals surface area contributed by atoms with Crippen LogP contribution >= 0.6 is 0 Å². The van der Waals surface area contributed by atoms with E-state index in [4.69, 9.17) is 0 Å². The summed E-state index contributed by atoms with van der Waals surface area (Å²) < 4.78 is 24.4. The van der Waals surface area contributed by atoms with E-state index in [9.17, 15) is 23.1 Å². The Morgan fingerprint density at radius 3 is 2.52 bits per heavy atom. The highest BCUT2D eigenvalue weighted by Gasteiger charge is 2.33. The molecule has 1 amide bonds. The van der Waals surface area contributed by atoms with Crippen LogP contribution in [0.15, 0.2) is 29.2 Å². The van der Waals surface area contributed by atoms with Crippen LogP contribution in [-0.2, 0) is 14.6 Å². The van der Waals surface area contributed by atoms with Crippen LogP contribution in [0, 0.1) is 11.8 Å². The number of hydrogen-bond acceptors (Lipinski definition) is 4. The van der Waals surface area contributed by atoms with Crippen LogP contribution in [0.5, 0.6) is 0 Å². The number of rotatable bonds is 4. The summed E-state index contributed by atoms with van der Waals surface area (Å²) in [5, 5.41) is 9.21. The van der Waals surface area contributed by atoms with Crippen molar-refractivity contribution in [3.63, 3.8) is 0 Å². The largest absolute Gasteiger partial charge is 0.481 e. The normalized spacial score (nSPS) is 21.9. The fourth-order valence-electron chi connectivity index (χ4n) is 2.94. The lowest BCUT2D eigenvalue weighted by atomic mass is 9.90. The molecule has 1 N–H and O–H groups in total. The van der Waals surface area contributed by atoms with E-state index < -0.39 is 27.6 Å². The van der Waals surface area contributed by atoms with Crippen molar-refractivity contribution < 1.29 is 23.1 Å². The summed E-state index contributed by atoms with van der Waals surface area (Å²) in [6.45, 7) is 3.96. The van der Waals surface area contributed by atoms with Gasteiger partial charge in [0.15, 0.2) is 9.84 Å². The van der Waals surface area contributed by atoms with Crippen molar-refractivity contribution in [3.8, 4) is 0 Å². The Kier molecular flexibility index (Phi) is 5.09. The number of benzene rings is 1. The molecular formula is C16H21NO5S. The van der Waals surface area contributed by atoms with Crippen molar-refractivity contribution >= 4 is 21.7 Å². The van der Waals surface area contributed by atoms with Gasteiger partial charge in [-0.05, 0) is 24.5 Å². The minimum Gasteiger partial charge on any atom is -0.481 e. The molecule has 23 heavy (non-hydrogen) atoms. The molecule has 126 valence electrons. The van der Waals surface area contributed by atoms with Gasteiger partial charge in [-0.1, -0.05) is 26.0 Å². The minimum atomic E-state index is -3.52. The lowest BCUT2D eigenvalue weighted by molar-refractivity contribution is -0.143. The van der Waals surface area contributed by atoms with Crippen molar-refractivity contribution in [1.29, 1.82) is 0 Å². The number of amides is 1. The maximum Gasteiger partial charge on any atom is 0.308 e. The van der Waals surface area contributed by atoms with Crippen LogP contribution in [0.2, 0.25) is 0 Å². The van der Waals surface area contributed by atoms with Gasteiger partial charge in [-0.3, -0.25) is 9.59 Å². The highest BCUT2D eigenvalue weighted by Crippen LogP contribution is 2.25. The molecule has 0 aliphatic carbocycles. The average Bonchev–Trinajstić information content (AvgIpc) is 2.53. The molecule has 2 atom stereocenters. The molecule has 0 aromatic heterocycles. The van der Waals surface area contributed by atoms with E-state index in [2.05, 4.69) is 0 Å². The van der Waals surface area contributed by atoms with Crippen LogP contribution in [-0.4, -0.2) is 49.1 Å². The first-order valence-electron chi connectivity index (χ1n) is 7.60. The first-order chi connectivity index (χ1) is 10.8. The number of hydrogen-bond donors (Lipinski definition) is 1. The van der Waals surface area contributed by atoms with Gasteiger partial charge >= 0.3 is 5.97 Å². The molecule has 1 aliphatic heterocycles. The third-order valence-corrected chi connectivity index (χ3v) is 5.91. The molecule has 6 nitrogen and oxygen atoms in total. The van der Waals surface area contributed by atoms with Crippen molar-refractivity contribution in [1.82, 2.24) is 4.90 Å². The Labute approximate surface area is 136 Å². The number of aliphatic carboxylic acids is 1. The van der Waals surface area contributed by atoms with Gasteiger partial charge in [-0.25, -0.2) is 8.42 Å². The molecule has 1 saturated heterocycles. The molecule has 1 fully saturated rings. The standard InChI is InChI=1S/C16H21NO5S/c1-3-23(21,22)14-7-5-4-6-13(14)15(18)17-9-11(2)8-12(10-17)16(19)20/h4-7,11-12H,3,8-10H2,1-2H3,(H,19,20). The summed E-state index contributed by atoms with van der Waals surface area (Å²) in [7, 11) is -3.52. The molecule has 7 heteroatoms. The quantitative estimate of drug-likeness (QED) is 0.901. The zero-order valence-corrected chi connectivity index (χ0v) is 14.0. The fraction of sp³-hybridized carbons (Fsp3) is 0.500. The first-order valence-corrected chi connectivity index (χ1v) is 9.25. The molecular weight excluding hydrogens is 318 g/mol. The summed E-state index contributed by atoms with van der Waals surface area (Å²) >= 11 is 0. The second-order valence-corrected chi connectivity index (χ2v) is 8.23. The number of sulfone groups is 1. The smallest absolute Gasteiger partial charge is 0.308 e. The van der Waals surface area contributed by atoms with Crippen LogP contribution in [0.1, 0.15) is 30.6 Å². The molecule has 1 aliphatic rings. The number of nitrogens with zero attached hydrogens (tertiary/aromatic N) is 1. The van der Waals surface area contributed by atoms with Crippen molar-refractivity contribution in [2.45, 2.75) is 25.2 Å². The van der Waals surface area contributed by atoms with Crippen molar-refractivity contribution in [2.75, 3.05) is 18.8 Å². The fourth-order valence-corrected chi connectivity index (χ4v) is 4.02. The summed E-state index contributed by atoms with van der Waals surface area (Å²) in [5.41, 5.74) is 0.118. The zero-order chi connectivity index (χ0) is 17.2. The van der Waals surface area contributed by atoms with Crippen LogP contribution in [0.25, 0.3) is 0 Å². The third-order valence-electron chi connectivity index (χ3n) is 4.13. The third kappa shape index (κ3) is 3.72. The Morgan fingerprint density at radius 1 is 1.26 bits per heavy atom. The second-order valence-electron chi connectivity index (χ2n) is 5.99. The second kappa shape index (κ2) is 6.70. The predicted octanol–water partition coefficient (Wildman–Crippen LogP) is 1.66. The van der Waals surface area contributed by atoms with E-state index in [0.29, 0.717) is 13.0 Å². The summed E-state index contributed by atoms with van der Waals surface area (Å²) in [6, 6.07) is 6.11. The molecule has 0 radical (unpaired) electrons. The van der Waals surface area contributed by atoms with Gasteiger partial charge in [0.2, 0.25) is 0 Å². The SMILES string of the molecule is CCS(=O)(=O)c1ccccc1C(=O)N1CC(C)CC(C(=O)O)C1. The zero-order valence-electron chi connectivity index (χ0n) is 13.2. The summed E-state index contributed by atoms with van der Waals surface area (Å²) in [6.07, 6.45) is 0.522. The van der Waals surface area contributed by atoms with Crippen LogP contribution < -0.4 is 0 Å². The Bertz CT molecular complexity index is 713. The monoisotopic (exact) mass is 339 g/mol. The number of likely N-dealkylation sites (tertiary alicyclic amines) is 1. The molecule has 2 unspecified atom stereocenters. The van der Waals surface area contributed by atoms with E-state index in [1.807, 2.05) is 6.92 Å². The van der Waals surface area contributed by atoms with E-state index in [-0.39, 0.29) is 28.7 Å². The average molecular weight is 339 g/mol. The highest BCUT2D eigenvalue weighted by molar-refractivity contribution is 7.91. The molecule has 0 saturated carbocycles. The number of carbonyl (C=O) groups excluding carboxylic acids is 1. The maximum absolute atomic E-state index is 12.8. The van der Waals surface area contributed by atoms with Crippen molar-refractivity contribution in [2.24, 2.45) is 11.8 Å². The molecule has 1 aromatic rings. The number of carboxylic acids is 1. The van der Waals surface area contributed by atoms with Crippen LogP contribution in [0.3, 0.4) is 0 Å². The lowest BCUT2D eigenvalue weighted by Crippen LogP contribution is -2.45. The number of piperidine rings is 1. The maximum atomic E-state index is 12.8.